The summed E-state index contributed by atoms with van der Waals surface area (Å²) in [7, 11) is 0. The van der Waals surface area contributed by atoms with Crippen molar-refractivity contribution >= 4 is 17.1 Å². The first-order chi connectivity index (χ1) is 13.9. The molecule has 2 aliphatic heterocycles. The Morgan fingerprint density at radius 3 is 2.18 bits per heavy atom. The van der Waals surface area contributed by atoms with Gasteiger partial charge in [-0.25, -0.2) is 0 Å². The van der Waals surface area contributed by atoms with Gasteiger partial charge in [0.25, 0.3) is 0 Å². The average Bonchev–Trinajstić information content (AvgIpc) is 3.09. The zero-order valence-corrected chi connectivity index (χ0v) is 15.4. The van der Waals surface area contributed by atoms with E-state index in [1.54, 1.807) is 0 Å². The van der Waals surface area contributed by atoms with Gasteiger partial charge in [-0.1, -0.05) is 42.5 Å². The van der Waals surface area contributed by atoms with Crippen LogP contribution in [0.1, 0.15) is 33.4 Å². The fourth-order valence-corrected chi connectivity index (χ4v) is 5.32. The molecule has 0 N–H and O–H groups in total. The molecule has 1 aliphatic carbocycles. The fourth-order valence-electron chi connectivity index (χ4n) is 5.32. The van der Waals surface area contributed by atoms with Crippen LogP contribution in [-0.2, 0) is 19.3 Å². The lowest BCUT2D eigenvalue weighted by atomic mass is 9.86. The van der Waals surface area contributed by atoms with E-state index in [1.165, 1.54) is 61.6 Å². The van der Waals surface area contributed by atoms with E-state index in [4.69, 9.17) is 0 Å². The molecule has 0 fully saturated rings. The Kier molecular flexibility index (Phi) is 2.67. The number of benzene rings is 3. The summed E-state index contributed by atoms with van der Waals surface area (Å²) in [6.07, 6.45) is 7.07. The second kappa shape index (κ2) is 5.11. The van der Waals surface area contributed by atoms with Gasteiger partial charge in [-0.15, -0.1) is 0 Å². The van der Waals surface area contributed by atoms with Crippen LogP contribution in [0.4, 0.5) is 17.1 Å². The minimum absolute atomic E-state index is 0.958. The molecule has 2 heteroatoms. The summed E-state index contributed by atoms with van der Waals surface area (Å²) in [6, 6.07) is 22.5. The van der Waals surface area contributed by atoms with Gasteiger partial charge in [0.15, 0.2) is 0 Å². The van der Waals surface area contributed by atoms with E-state index in [-0.39, 0.29) is 0 Å². The Morgan fingerprint density at radius 1 is 0.571 bits per heavy atom. The van der Waals surface area contributed by atoms with Crippen molar-refractivity contribution < 1.29 is 0 Å². The van der Waals surface area contributed by atoms with E-state index >= 15 is 0 Å². The molecule has 4 aromatic rings. The van der Waals surface area contributed by atoms with Crippen LogP contribution in [0.15, 0.2) is 73.1 Å². The third kappa shape index (κ3) is 1.80. The number of hydrogen-bond acceptors (Lipinski definition) is 2. The summed E-state index contributed by atoms with van der Waals surface area (Å²) >= 11 is 0. The van der Waals surface area contributed by atoms with Crippen molar-refractivity contribution in [3.63, 3.8) is 0 Å². The van der Waals surface area contributed by atoms with Crippen molar-refractivity contribution in [1.29, 1.82) is 0 Å². The van der Waals surface area contributed by atoms with Gasteiger partial charge in [0, 0.05) is 30.9 Å². The number of rotatable bonds is 0. The van der Waals surface area contributed by atoms with Crippen LogP contribution in [0.5, 0.6) is 0 Å². The van der Waals surface area contributed by atoms with Gasteiger partial charge in [-0.3, -0.25) is 4.98 Å². The average molecular weight is 358 g/mol. The maximum Gasteiger partial charge on any atom is 0.0563 e. The monoisotopic (exact) mass is 358 g/mol. The molecule has 1 aromatic heterocycles. The Morgan fingerprint density at radius 2 is 1.29 bits per heavy atom. The largest absolute Gasteiger partial charge is 0.309 e. The molecule has 3 heterocycles. The summed E-state index contributed by atoms with van der Waals surface area (Å²) < 4.78 is 0. The summed E-state index contributed by atoms with van der Waals surface area (Å²) in [4.78, 5) is 7.06. The van der Waals surface area contributed by atoms with Gasteiger partial charge in [0.1, 0.15) is 0 Å². The Balaban J connectivity index is 1.51. The maximum atomic E-state index is 4.56. The first kappa shape index (κ1) is 14.6. The summed E-state index contributed by atoms with van der Waals surface area (Å²) in [6.45, 7) is 0. The Hall–Kier alpha value is -3.39. The molecule has 132 valence electrons. The standard InChI is InChI=1S/C26H18N2/c1-3-7-22-16(5-1)9-18-13-25-19(12-23(18)22)11-21-15-27-14-20-10-17-6-2-4-8-24(17)28(25)26(20)21/h1-8,12-15H,9-11H2. The molecule has 2 nitrogen and oxygen atoms in total. The molecule has 3 aromatic carbocycles. The summed E-state index contributed by atoms with van der Waals surface area (Å²) in [5.74, 6) is 0. The van der Waals surface area contributed by atoms with Gasteiger partial charge < -0.3 is 4.90 Å². The van der Waals surface area contributed by atoms with Gasteiger partial charge in [-0.05, 0) is 69.1 Å². The Bertz CT molecular complexity index is 1300. The SMILES string of the molecule is c1ccc2c(c1)Cc1cc3c(cc1-2)Cc1cncc2c1N3c1ccccc1C2. The number of aromatic nitrogens is 1. The quantitative estimate of drug-likeness (QED) is 0.334. The number of anilines is 3. The van der Waals surface area contributed by atoms with Crippen LogP contribution in [0, 0.1) is 0 Å². The van der Waals surface area contributed by atoms with Crippen molar-refractivity contribution in [3.05, 3.63) is 106 Å². The molecule has 0 saturated carbocycles. The molecule has 28 heavy (non-hydrogen) atoms. The smallest absolute Gasteiger partial charge is 0.0563 e. The molecule has 3 aliphatic rings. The van der Waals surface area contributed by atoms with E-state index in [0.717, 1.165) is 19.3 Å². The van der Waals surface area contributed by atoms with Crippen molar-refractivity contribution in [1.82, 2.24) is 4.98 Å². The zero-order valence-electron chi connectivity index (χ0n) is 15.4. The number of nitrogens with zero attached hydrogens (tertiary/aromatic N) is 2. The number of para-hydroxylation sites is 1. The van der Waals surface area contributed by atoms with E-state index < -0.39 is 0 Å². The highest BCUT2D eigenvalue weighted by Crippen LogP contribution is 2.52. The number of hydrogen-bond donors (Lipinski definition) is 0. The van der Waals surface area contributed by atoms with Crippen molar-refractivity contribution in [2.24, 2.45) is 0 Å². The van der Waals surface area contributed by atoms with Gasteiger partial charge in [-0.2, -0.15) is 0 Å². The second-order valence-electron chi connectivity index (χ2n) is 8.10. The first-order valence-corrected chi connectivity index (χ1v) is 9.95. The zero-order chi connectivity index (χ0) is 18.2. The predicted octanol–water partition coefficient (Wildman–Crippen LogP) is 5.93. The minimum Gasteiger partial charge on any atom is -0.309 e. The molecule has 0 atom stereocenters. The third-order valence-corrected chi connectivity index (χ3v) is 6.52. The predicted molar refractivity (Wildman–Crippen MR) is 113 cm³/mol. The van der Waals surface area contributed by atoms with Crippen LogP contribution in [0.2, 0.25) is 0 Å². The topological polar surface area (TPSA) is 16.1 Å². The fraction of sp³-hybridized carbons (Fsp3) is 0.115. The lowest BCUT2D eigenvalue weighted by Crippen LogP contribution is -2.25. The maximum absolute atomic E-state index is 4.56. The Labute approximate surface area is 164 Å². The van der Waals surface area contributed by atoms with Crippen LogP contribution in [0.3, 0.4) is 0 Å². The van der Waals surface area contributed by atoms with E-state index in [9.17, 15) is 0 Å². The molecular formula is C26H18N2. The highest BCUT2D eigenvalue weighted by atomic mass is 15.2. The highest BCUT2D eigenvalue weighted by Gasteiger charge is 2.33. The summed E-state index contributed by atoms with van der Waals surface area (Å²) in [5.41, 5.74) is 15.2. The van der Waals surface area contributed by atoms with E-state index in [2.05, 4.69) is 82.9 Å². The van der Waals surface area contributed by atoms with E-state index in [1.807, 2.05) is 0 Å². The van der Waals surface area contributed by atoms with Crippen LogP contribution in [-0.4, -0.2) is 4.98 Å². The van der Waals surface area contributed by atoms with E-state index in [0.29, 0.717) is 0 Å². The lowest BCUT2D eigenvalue weighted by Gasteiger charge is -2.39. The molecule has 0 unspecified atom stereocenters. The van der Waals surface area contributed by atoms with Crippen molar-refractivity contribution in [3.8, 4) is 11.1 Å². The number of fused-ring (bicyclic) bond motifs is 7. The molecule has 0 bridgehead atoms. The summed E-state index contributed by atoms with van der Waals surface area (Å²) in [5, 5.41) is 0. The molecular weight excluding hydrogens is 340 g/mol. The molecule has 0 amide bonds. The van der Waals surface area contributed by atoms with Crippen molar-refractivity contribution in [2.45, 2.75) is 19.3 Å². The van der Waals surface area contributed by atoms with Gasteiger partial charge in [0.2, 0.25) is 0 Å². The number of pyridine rings is 1. The van der Waals surface area contributed by atoms with Crippen molar-refractivity contribution in [2.75, 3.05) is 4.90 Å². The van der Waals surface area contributed by atoms with Gasteiger partial charge >= 0.3 is 0 Å². The minimum atomic E-state index is 0.958. The normalized spacial score (nSPS) is 14.6. The van der Waals surface area contributed by atoms with Crippen LogP contribution < -0.4 is 4.90 Å². The van der Waals surface area contributed by atoms with Gasteiger partial charge in [0.05, 0.1) is 11.4 Å². The molecule has 0 saturated heterocycles. The molecule has 0 spiro atoms. The highest BCUT2D eigenvalue weighted by molar-refractivity contribution is 5.91. The third-order valence-electron chi connectivity index (χ3n) is 6.52. The molecule has 7 rings (SSSR count). The lowest BCUT2D eigenvalue weighted by molar-refractivity contribution is 0.984. The van der Waals surface area contributed by atoms with Crippen LogP contribution in [0.25, 0.3) is 11.1 Å². The molecule has 0 radical (unpaired) electrons. The van der Waals surface area contributed by atoms with Crippen LogP contribution >= 0.6 is 0 Å². The first-order valence-electron chi connectivity index (χ1n) is 9.95. The second-order valence-corrected chi connectivity index (χ2v) is 8.10.